The Balaban J connectivity index is 1.48. The van der Waals surface area contributed by atoms with Crippen LogP contribution in [0.1, 0.15) is 31.6 Å². The number of carbonyl (C=O) groups is 1. The Kier molecular flexibility index (Phi) is 5.07. The molecule has 1 aliphatic rings. The van der Waals surface area contributed by atoms with Crippen molar-refractivity contribution in [1.29, 1.82) is 0 Å². The molecule has 23 heavy (non-hydrogen) atoms. The number of aryl methyl sites for hydroxylation is 1. The number of nitrogens with zero attached hydrogens (tertiary/aromatic N) is 3. The summed E-state index contributed by atoms with van der Waals surface area (Å²) in [5.41, 5.74) is 0.910. The molecule has 2 unspecified atom stereocenters. The molecule has 2 aromatic rings. The van der Waals surface area contributed by atoms with Gasteiger partial charge in [-0.25, -0.2) is 0 Å². The molecule has 0 spiro atoms. The average Bonchev–Trinajstić information content (AvgIpc) is 3.26. The smallest absolute Gasteiger partial charge is 0.248 e. The molecule has 1 aliphatic carbocycles. The van der Waals surface area contributed by atoms with E-state index >= 15 is 0 Å². The molecule has 2 heterocycles. The Bertz CT molecular complexity index is 641. The van der Waals surface area contributed by atoms with Crippen LogP contribution >= 0.6 is 11.3 Å². The first-order chi connectivity index (χ1) is 11.1. The molecule has 1 amide bonds. The molecule has 0 aliphatic heterocycles. The quantitative estimate of drug-likeness (QED) is 0.876. The van der Waals surface area contributed by atoms with Crippen molar-refractivity contribution in [3.63, 3.8) is 0 Å². The standard InChI is InChI=1S/C16H21N3O3S/c1-19(9-11-3-2-4-13(11)20)15(21)6-5-14-17-18-16(22-14)12-7-8-23-10-12/h7-8,10-11,13,20H,2-6,9H2,1H3. The molecule has 0 radical (unpaired) electrons. The lowest BCUT2D eigenvalue weighted by molar-refractivity contribution is -0.130. The number of aliphatic hydroxyl groups is 1. The van der Waals surface area contributed by atoms with Crippen molar-refractivity contribution in [2.24, 2.45) is 5.92 Å². The second-order valence-electron chi connectivity index (χ2n) is 6.05. The van der Waals surface area contributed by atoms with Crippen LogP contribution < -0.4 is 0 Å². The van der Waals surface area contributed by atoms with E-state index in [1.165, 1.54) is 0 Å². The third-order valence-electron chi connectivity index (χ3n) is 4.34. The maximum Gasteiger partial charge on any atom is 0.248 e. The number of thiophene rings is 1. The Morgan fingerprint density at radius 3 is 3.04 bits per heavy atom. The van der Waals surface area contributed by atoms with Crippen LogP contribution in [0, 0.1) is 5.92 Å². The lowest BCUT2D eigenvalue weighted by atomic mass is 10.1. The SMILES string of the molecule is CN(CC1CCCC1O)C(=O)CCc1nnc(-c2ccsc2)o1. The van der Waals surface area contributed by atoms with Gasteiger partial charge in [-0.15, -0.1) is 10.2 Å². The van der Waals surface area contributed by atoms with Gasteiger partial charge >= 0.3 is 0 Å². The van der Waals surface area contributed by atoms with Crippen LogP contribution in [0.5, 0.6) is 0 Å². The van der Waals surface area contributed by atoms with E-state index in [9.17, 15) is 9.90 Å². The lowest BCUT2D eigenvalue weighted by Crippen LogP contribution is -2.34. The number of aliphatic hydroxyl groups excluding tert-OH is 1. The third-order valence-corrected chi connectivity index (χ3v) is 5.02. The summed E-state index contributed by atoms with van der Waals surface area (Å²) < 4.78 is 5.58. The number of rotatable bonds is 6. The summed E-state index contributed by atoms with van der Waals surface area (Å²) in [4.78, 5) is 13.9. The van der Waals surface area contributed by atoms with Crippen LogP contribution in [-0.2, 0) is 11.2 Å². The van der Waals surface area contributed by atoms with Gasteiger partial charge in [0, 0.05) is 43.3 Å². The van der Waals surface area contributed by atoms with Crippen LogP contribution in [0.25, 0.3) is 11.5 Å². The molecule has 7 heteroatoms. The van der Waals surface area contributed by atoms with Crippen molar-refractivity contribution in [2.45, 2.75) is 38.2 Å². The van der Waals surface area contributed by atoms with Gasteiger partial charge in [0.15, 0.2) is 0 Å². The van der Waals surface area contributed by atoms with Gasteiger partial charge < -0.3 is 14.4 Å². The van der Waals surface area contributed by atoms with Gasteiger partial charge in [0.1, 0.15) is 0 Å². The summed E-state index contributed by atoms with van der Waals surface area (Å²) >= 11 is 1.57. The zero-order chi connectivity index (χ0) is 16.2. The van der Waals surface area contributed by atoms with Crippen molar-refractivity contribution >= 4 is 17.2 Å². The highest BCUT2D eigenvalue weighted by Gasteiger charge is 2.27. The Labute approximate surface area is 139 Å². The van der Waals surface area contributed by atoms with Gasteiger partial charge in [-0.1, -0.05) is 6.42 Å². The van der Waals surface area contributed by atoms with Crippen molar-refractivity contribution in [2.75, 3.05) is 13.6 Å². The maximum absolute atomic E-state index is 12.2. The summed E-state index contributed by atoms with van der Waals surface area (Å²) in [6.07, 6.45) is 3.39. The summed E-state index contributed by atoms with van der Waals surface area (Å²) in [6.45, 7) is 0.615. The van der Waals surface area contributed by atoms with E-state index in [0.29, 0.717) is 31.2 Å². The van der Waals surface area contributed by atoms with Crippen molar-refractivity contribution in [3.05, 3.63) is 22.7 Å². The second kappa shape index (κ2) is 7.23. The fraction of sp³-hybridized carbons (Fsp3) is 0.562. The first kappa shape index (κ1) is 16.1. The second-order valence-corrected chi connectivity index (χ2v) is 6.83. The fourth-order valence-electron chi connectivity index (χ4n) is 2.95. The molecule has 124 valence electrons. The van der Waals surface area contributed by atoms with Crippen molar-refractivity contribution < 1.29 is 14.3 Å². The van der Waals surface area contributed by atoms with Crippen LogP contribution in [-0.4, -0.2) is 45.8 Å². The minimum atomic E-state index is -0.269. The Morgan fingerprint density at radius 2 is 2.35 bits per heavy atom. The number of hydrogen-bond donors (Lipinski definition) is 1. The van der Waals surface area contributed by atoms with Crippen molar-refractivity contribution in [3.8, 4) is 11.5 Å². The van der Waals surface area contributed by atoms with Gasteiger partial charge in [0.05, 0.1) is 6.10 Å². The molecule has 0 saturated heterocycles. The monoisotopic (exact) mass is 335 g/mol. The highest BCUT2D eigenvalue weighted by Crippen LogP contribution is 2.26. The zero-order valence-corrected chi connectivity index (χ0v) is 14.0. The van der Waals surface area contributed by atoms with Crippen LogP contribution in [0.15, 0.2) is 21.2 Å². The number of hydrogen-bond acceptors (Lipinski definition) is 6. The van der Waals surface area contributed by atoms with E-state index in [4.69, 9.17) is 4.42 Å². The maximum atomic E-state index is 12.2. The van der Waals surface area contributed by atoms with Gasteiger partial charge in [0.2, 0.25) is 17.7 Å². The summed E-state index contributed by atoms with van der Waals surface area (Å²) in [7, 11) is 1.79. The first-order valence-electron chi connectivity index (χ1n) is 7.90. The third kappa shape index (κ3) is 3.97. The number of carbonyl (C=O) groups excluding carboxylic acids is 1. The summed E-state index contributed by atoms with van der Waals surface area (Å²) in [5.74, 6) is 1.22. The van der Waals surface area contributed by atoms with E-state index in [1.54, 1.807) is 23.3 Å². The predicted octanol–water partition coefficient (Wildman–Crippen LogP) is 2.35. The van der Waals surface area contributed by atoms with Gasteiger partial charge in [-0.05, 0) is 24.3 Å². The molecule has 1 fully saturated rings. The van der Waals surface area contributed by atoms with Crippen LogP contribution in [0.3, 0.4) is 0 Å². The normalized spacial score (nSPS) is 20.8. The molecule has 0 bridgehead atoms. The van der Waals surface area contributed by atoms with Gasteiger partial charge in [0.25, 0.3) is 0 Å². The van der Waals surface area contributed by atoms with E-state index in [2.05, 4.69) is 10.2 Å². The number of amides is 1. The van der Waals surface area contributed by atoms with E-state index in [0.717, 1.165) is 24.8 Å². The first-order valence-corrected chi connectivity index (χ1v) is 8.84. The molecule has 1 N–H and O–H groups in total. The molecular weight excluding hydrogens is 314 g/mol. The van der Waals surface area contributed by atoms with E-state index < -0.39 is 0 Å². The van der Waals surface area contributed by atoms with Crippen molar-refractivity contribution in [1.82, 2.24) is 15.1 Å². The molecular formula is C16H21N3O3S. The largest absolute Gasteiger partial charge is 0.421 e. The van der Waals surface area contributed by atoms with Crippen LogP contribution in [0.2, 0.25) is 0 Å². The van der Waals surface area contributed by atoms with Crippen LogP contribution in [0.4, 0.5) is 0 Å². The summed E-state index contributed by atoms with van der Waals surface area (Å²) in [5, 5.41) is 21.8. The molecule has 3 rings (SSSR count). The lowest BCUT2D eigenvalue weighted by Gasteiger charge is -2.23. The Morgan fingerprint density at radius 1 is 1.48 bits per heavy atom. The minimum absolute atomic E-state index is 0.0411. The highest BCUT2D eigenvalue weighted by atomic mass is 32.1. The zero-order valence-electron chi connectivity index (χ0n) is 13.1. The predicted molar refractivity (Wildman–Crippen MR) is 86.9 cm³/mol. The molecule has 0 aromatic carbocycles. The van der Waals surface area contributed by atoms with E-state index in [1.807, 2.05) is 16.8 Å². The molecule has 2 atom stereocenters. The minimum Gasteiger partial charge on any atom is -0.421 e. The van der Waals surface area contributed by atoms with E-state index in [-0.39, 0.29) is 17.9 Å². The number of aromatic nitrogens is 2. The molecule has 6 nitrogen and oxygen atoms in total. The van der Waals surface area contributed by atoms with Gasteiger partial charge in [-0.3, -0.25) is 4.79 Å². The molecule has 2 aromatic heterocycles. The average molecular weight is 335 g/mol. The summed E-state index contributed by atoms with van der Waals surface area (Å²) in [6, 6.07) is 1.92. The Hall–Kier alpha value is -1.73. The topological polar surface area (TPSA) is 79.5 Å². The highest BCUT2D eigenvalue weighted by molar-refractivity contribution is 7.08. The molecule has 1 saturated carbocycles. The fourth-order valence-corrected chi connectivity index (χ4v) is 3.58. The van der Waals surface area contributed by atoms with Gasteiger partial charge in [-0.2, -0.15) is 11.3 Å².